The second-order valence-corrected chi connectivity index (χ2v) is 27.6. The number of halogens is 1. The van der Waals surface area contributed by atoms with Crippen LogP contribution in [-0.2, 0) is 28.5 Å². The van der Waals surface area contributed by atoms with Gasteiger partial charge in [-0.2, -0.15) is 0 Å². The van der Waals surface area contributed by atoms with Gasteiger partial charge < -0.3 is 54.5 Å². The first-order chi connectivity index (χ1) is 48.8. The summed E-state index contributed by atoms with van der Waals surface area (Å²) in [7, 11) is 4.25. The van der Waals surface area contributed by atoms with E-state index in [4.69, 9.17) is 62.1 Å². The number of alkyl carbamates (subject to hydrolysis) is 2. The molecule has 0 saturated heterocycles. The number of nitrogens with one attached hydrogen (secondary N) is 3. The Kier molecular flexibility index (Phi) is 11.9. The second-order valence-electron chi connectivity index (χ2n) is 26.7. The highest BCUT2D eigenvalue weighted by Gasteiger charge is 2.72. The summed E-state index contributed by atoms with van der Waals surface area (Å²) >= 11 is 3.53. The van der Waals surface area contributed by atoms with Gasteiger partial charge in [0.2, 0.25) is 0 Å². The summed E-state index contributed by atoms with van der Waals surface area (Å²) in [5.74, 6) is -0.933. The number of rotatable bonds is 13. The first-order valence-electron chi connectivity index (χ1n) is 39.3. The zero-order valence-electron chi connectivity index (χ0n) is 72.0. The average molecular weight is 1230 g/mol. The Hall–Kier alpha value is -6.33. The molecule has 6 bridgehead atoms. The minimum Gasteiger partial charge on any atom is -0.465 e. The smallest absolute Gasteiger partial charge is 0.408 e. The monoisotopic (exact) mass is 1220 g/mol. The number of nitrogens with two attached hydrogens (primary N) is 1. The van der Waals surface area contributed by atoms with E-state index in [-0.39, 0.29) is 72.5 Å². The highest BCUT2D eigenvalue weighted by Crippen LogP contribution is 2.73. The molecule has 2 aromatic heterocycles. The van der Waals surface area contributed by atoms with Gasteiger partial charge in [0, 0.05) is 119 Å². The van der Waals surface area contributed by atoms with Gasteiger partial charge in [0.25, 0.3) is 0 Å². The molecule has 0 spiro atoms. The third-order valence-electron chi connectivity index (χ3n) is 18.7. The SMILES string of the molecule is COC(=O)/C(=C(\C)N[C@H](C)C12CC(NC(=O)OC(C)(C)C)(C1)C2)c1ccccc1Br.COC(=O)c1c(C)n([C@H](C)C23CC(N)(C2)C3)c2ccccc12.COC(=O)c1c(C)n([C@H](C)C23CC(NC(=O)OC(C)(C)C)(C2)C3)c2ccccc12.[2HH].[2HH].[2H][2H].[2H][2H].[2H][2H].[2H][2H].[2H][2H].[2H][2H].[2H][2H].[2H][2H].[2H][2H].[2H][2H].[2H][2H]. The maximum absolute atomic E-state index is 12.5. The summed E-state index contributed by atoms with van der Waals surface area (Å²) in [6, 6.07) is 24.4. The van der Waals surface area contributed by atoms with Crippen molar-refractivity contribution in [3.8, 4) is 0 Å². The quantitative estimate of drug-likeness (QED) is 0.0494. The van der Waals surface area contributed by atoms with Crippen molar-refractivity contribution in [2.24, 2.45) is 22.0 Å². The maximum atomic E-state index is 12.5. The molecule has 81 heavy (non-hydrogen) atoms. The molecule has 9 aliphatic rings. The summed E-state index contributed by atoms with van der Waals surface area (Å²) in [5, 5.41) is 11.6. The molecular formula is C64H109BrN6O10. The molecule has 0 aliphatic heterocycles. The van der Waals surface area contributed by atoms with E-state index < -0.39 is 11.2 Å². The Bertz CT molecular complexity index is 3400. The molecule has 462 valence electrons. The van der Waals surface area contributed by atoms with E-state index in [1.54, 1.807) is 0 Å². The summed E-state index contributed by atoms with van der Waals surface area (Å²) in [6.07, 6.45) is 8.11. The molecule has 5 aromatic rings. The Morgan fingerprint density at radius 1 is 0.605 bits per heavy atom. The lowest BCUT2D eigenvalue weighted by Gasteiger charge is -2.72. The number of hydrogen-bond acceptors (Lipinski definition) is 12. The molecule has 3 atom stereocenters. The first-order valence-corrected chi connectivity index (χ1v) is 29.1. The van der Waals surface area contributed by atoms with Crippen LogP contribution >= 0.6 is 15.9 Å². The van der Waals surface area contributed by atoms with Crippen LogP contribution in [0.3, 0.4) is 0 Å². The van der Waals surface area contributed by atoms with Crippen molar-refractivity contribution in [2.45, 2.75) is 187 Å². The largest absolute Gasteiger partial charge is 0.465 e. The van der Waals surface area contributed by atoms with Gasteiger partial charge in [-0.05, 0) is 175 Å². The van der Waals surface area contributed by atoms with E-state index in [1.807, 2.05) is 123 Å². The Balaban J connectivity index is -0.000000419. The van der Waals surface area contributed by atoms with Crippen LogP contribution in [0, 0.1) is 30.1 Å². The topological polar surface area (TPSA) is 203 Å². The minimum atomic E-state index is -0.502. The third kappa shape index (κ3) is 10.6. The number of fused-ring (bicyclic) bond motifs is 2. The molecular weight excluding hydrogens is 1090 g/mol. The summed E-state index contributed by atoms with van der Waals surface area (Å²) in [4.78, 5) is 61.5. The maximum Gasteiger partial charge on any atom is 0.408 e. The standard InChI is InChI=1S/C23H31BrN2O4.C23H30N2O4.C18H22N2O2.13H2/c1-14(18(19(27)29-6)16-9-7-8-10-17(16)24)25-15(2)22-11-23(12-22,13-22)26-20(28)30-21(3,4)5;1-14-18(19(26)28-6)16-9-7-8-10-17(16)25(14)15(2)22-11-23(12-22,13-22)24-20(27)29-21(3,4)5;1-11-15(16(21)22-3)13-6-4-5-7-14(13)20(11)12(2)17-8-18(19,9-17)10-17;;;;;;;;;;;;;/h7-10,15,25H,11-13H2,1-6H3,(H,26,28);7-10,15H,11-13H2,1-6H3,(H,24,27);4-7,12H,8-10,19H2,1-3H3;13*1H/b18-14+;;;;;;;;;;;;;;;/t2*15-,22?,23?;12-,17?,18?;;;;;;;;;;;;;/m111............./s1/i;;;11*1+1D;2*1+1. The van der Waals surface area contributed by atoms with Gasteiger partial charge in [0.15, 0.2) is 0 Å². The molecule has 0 unspecified atom stereocenters. The van der Waals surface area contributed by atoms with E-state index in [0.717, 1.165) is 107 Å². The van der Waals surface area contributed by atoms with Gasteiger partial charge in [-0.3, -0.25) is 0 Å². The van der Waals surface area contributed by atoms with E-state index >= 15 is 0 Å². The van der Waals surface area contributed by atoms with Crippen molar-refractivity contribution in [1.29, 1.82) is 0 Å². The number of methoxy groups -OCH3 is 3. The highest BCUT2D eigenvalue weighted by molar-refractivity contribution is 9.10. The van der Waals surface area contributed by atoms with Gasteiger partial charge in [0.05, 0.1) is 38.0 Å². The molecule has 16 nitrogen and oxygen atoms in total. The molecule has 9 saturated carbocycles. The Morgan fingerprint density at radius 3 is 1.37 bits per heavy atom. The van der Waals surface area contributed by atoms with E-state index in [9.17, 15) is 24.0 Å². The molecule has 2 heterocycles. The van der Waals surface area contributed by atoms with Gasteiger partial charge in [0.1, 0.15) is 11.2 Å². The number of esters is 3. The van der Waals surface area contributed by atoms with Gasteiger partial charge in [-0.1, -0.05) is 70.5 Å². The lowest BCUT2D eigenvalue weighted by molar-refractivity contribution is -0.178. The zero-order valence-corrected chi connectivity index (χ0v) is 51.5. The summed E-state index contributed by atoms with van der Waals surface area (Å²) in [6.45, 7) is 23.7. The fourth-order valence-electron chi connectivity index (χ4n) is 15.2. The second kappa shape index (κ2) is 20.8. The fraction of sp³-hybridized carbons (Fsp3) is 0.547. The third-order valence-corrected chi connectivity index (χ3v) is 19.4. The van der Waals surface area contributed by atoms with Crippen molar-refractivity contribution in [3.05, 3.63) is 111 Å². The van der Waals surface area contributed by atoms with Crippen LogP contribution in [0.4, 0.5) is 9.59 Å². The molecule has 5 N–H and O–H groups in total. The number of amides is 2. The van der Waals surface area contributed by atoms with Gasteiger partial charge >= 0.3 is 30.1 Å². The fourth-order valence-corrected chi connectivity index (χ4v) is 15.6. The summed E-state index contributed by atoms with van der Waals surface area (Å²) < 4.78 is 141. The van der Waals surface area contributed by atoms with Crippen molar-refractivity contribution >= 4 is 73.4 Å². The van der Waals surface area contributed by atoms with Crippen molar-refractivity contribution in [2.75, 3.05) is 21.3 Å². The van der Waals surface area contributed by atoms with Crippen LogP contribution < -0.4 is 21.7 Å². The summed E-state index contributed by atoms with van der Waals surface area (Å²) in [5.41, 5.74) is 13.1. The average Bonchev–Trinajstić information content (AvgIpc) is 1.18. The van der Waals surface area contributed by atoms with Crippen molar-refractivity contribution in [3.63, 3.8) is 0 Å². The van der Waals surface area contributed by atoms with E-state index in [2.05, 4.69) is 73.9 Å². The van der Waals surface area contributed by atoms with Crippen LogP contribution in [0.2, 0.25) is 0 Å². The number of allylic oxidation sites excluding steroid dienone is 1. The molecule has 14 rings (SSSR count). The number of aromatic nitrogens is 2. The highest BCUT2D eigenvalue weighted by atomic mass is 79.9. The molecule has 9 fully saturated rings. The molecule has 0 radical (unpaired) electrons. The Morgan fingerprint density at radius 2 is 0.988 bits per heavy atom. The number of para-hydroxylation sites is 2. The van der Waals surface area contributed by atoms with Gasteiger partial charge in [-0.25, -0.2) is 24.0 Å². The minimum absolute atomic E-state index is 0. The van der Waals surface area contributed by atoms with Crippen LogP contribution in [0.5, 0.6) is 0 Å². The predicted octanol–water partition coefficient (Wildman–Crippen LogP) is 15.9. The zero-order chi connectivity index (χ0) is 81.2. The van der Waals surface area contributed by atoms with E-state index in [0.29, 0.717) is 28.2 Å². The van der Waals surface area contributed by atoms with Crippen LogP contribution in [0.1, 0.15) is 212 Å². The number of nitrogens with zero attached hydrogens (tertiary/aromatic N) is 2. The molecule has 17 heteroatoms. The molecule has 9 aliphatic carbocycles. The van der Waals surface area contributed by atoms with Crippen molar-refractivity contribution < 1.29 is 83.2 Å². The lowest BCUT2D eigenvalue weighted by atomic mass is 9.37. The van der Waals surface area contributed by atoms with Crippen LogP contribution in [0.15, 0.2) is 83.0 Å². The normalized spacial score (nSPS) is 28.6. The van der Waals surface area contributed by atoms with Crippen LogP contribution in [-0.4, -0.2) is 94.4 Å². The number of benzene rings is 3. The Labute approximate surface area is 522 Å². The number of carbonyl (C=O) groups excluding carboxylic acids is 5. The molecule has 2 amide bonds. The number of ether oxygens (including phenoxy) is 5. The number of hydrogen-bond donors (Lipinski definition) is 4. The van der Waals surface area contributed by atoms with Crippen molar-refractivity contribution in [1.82, 2.24) is 25.1 Å². The van der Waals surface area contributed by atoms with Gasteiger partial charge in [-0.15, -0.1) is 0 Å². The molecule has 3 aromatic carbocycles. The predicted molar refractivity (Wildman–Crippen MR) is 344 cm³/mol. The lowest BCUT2D eigenvalue weighted by Crippen LogP contribution is -2.78. The van der Waals surface area contributed by atoms with E-state index in [1.165, 1.54) is 21.3 Å². The van der Waals surface area contributed by atoms with Crippen LogP contribution in [0.25, 0.3) is 27.4 Å². The first kappa shape index (κ1) is 46.2. The number of carbonyl (C=O) groups is 5.